The summed E-state index contributed by atoms with van der Waals surface area (Å²) < 4.78 is 17.2. The van der Waals surface area contributed by atoms with E-state index in [1.165, 1.54) is 0 Å². The van der Waals surface area contributed by atoms with Crippen molar-refractivity contribution in [3.8, 4) is 5.75 Å². The van der Waals surface area contributed by atoms with E-state index in [2.05, 4.69) is 4.98 Å². The number of nitrogens with zero attached hydrogens (tertiary/aromatic N) is 1. The standard InChI is InChI=1S/C12H11NO3S/c1-14-9-3-2-8(10-6-15-4-5-16-10)12-11(9)13-7-17-12/h2-3,6-7H,4-5H2,1H3. The summed E-state index contributed by atoms with van der Waals surface area (Å²) in [6, 6.07) is 3.87. The van der Waals surface area contributed by atoms with Crippen LogP contribution >= 0.6 is 11.3 Å². The lowest BCUT2D eigenvalue weighted by atomic mass is 10.1. The molecule has 0 amide bonds. The predicted molar refractivity (Wildman–Crippen MR) is 66.1 cm³/mol. The lowest BCUT2D eigenvalue weighted by Crippen LogP contribution is -2.07. The van der Waals surface area contributed by atoms with Gasteiger partial charge >= 0.3 is 0 Å². The molecule has 0 unspecified atom stereocenters. The molecule has 17 heavy (non-hydrogen) atoms. The summed E-state index contributed by atoms with van der Waals surface area (Å²) in [4.78, 5) is 4.31. The second kappa shape index (κ2) is 4.25. The van der Waals surface area contributed by atoms with Crippen LogP contribution < -0.4 is 4.74 Å². The third-order valence-corrected chi connectivity index (χ3v) is 3.44. The summed E-state index contributed by atoms with van der Waals surface area (Å²) in [7, 11) is 1.65. The molecular formula is C12H11NO3S. The minimum atomic E-state index is 0.582. The Hall–Kier alpha value is -1.75. The Bertz CT molecular complexity index is 576. The van der Waals surface area contributed by atoms with Crippen LogP contribution in [0.4, 0.5) is 0 Å². The molecule has 0 saturated heterocycles. The monoisotopic (exact) mass is 249 g/mol. The maximum absolute atomic E-state index is 5.59. The average molecular weight is 249 g/mol. The van der Waals surface area contributed by atoms with Gasteiger partial charge in [-0.15, -0.1) is 11.3 Å². The van der Waals surface area contributed by atoms with Gasteiger partial charge in [-0.1, -0.05) is 0 Å². The van der Waals surface area contributed by atoms with Crippen LogP contribution in [0, 0.1) is 0 Å². The van der Waals surface area contributed by atoms with Crippen molar-refractivity contribution < 1.29 is 14.2 Å². The molecule has 1 aromatic heterocycles. The van der Waals surface area contributed by atoms with Crippen LogP contribution in [0.3, 0.4) is 0 Å². The van der Waals surface area contributed by atoms with Crippen molar-refractivity contribution >= 4 is 27.3 Å². The van der Waals surface area contributed by atoms with Crippen LogP contribution in [0.15, 0.2) is 23.9 Å². The molecule has 1 aliphatic heterocycles. The summed E-state index contributed by atoms with van der Waals surface area (Å²) in [5.74, 6) is 1.54. The number of benzene rings is 1. The number of hydrogen-bond acceptors (Lipinski definition) is 5. The Morgan fingerprint density at radius 2 is 2.29 bits per heavy atom. The Morgan fingerprint density at radius 3 is 3.06 bits per heavy atom. The minimum Gasteiger partial charge on any atom is -0.494 e. The van der Waals surface area contributed by atoms with Gasteiger partial charge in [-0.05, 0) is 12.1 Å². The zero-order valence-corrected chi connectivity index (χ0v) is 10.1. The Balaban J connectivity index is 2.17. The highest BCUT2D eigenvalue weighted by Crippen LogP contribution is 2.34. The van der Waals surface area contributed by atoms with Crippen LogP contribution in [0.1, 0.15) is 5.56 Å². The molecule has 0 saturated carbocycles. The Morgan fingerprint density at radius 1 is 1.35 bits per heavy atom. The SMILES string of the molecule is COc1ccc(C2=COCCO2)c2scnc12. The van der Waals surface area contributed by atoms with Gasteiger partial charge < -0.3 is 14.2 Å². The zero-order valence-electron chi connectivity index (χ0n) is 9.30. The minimum absolute atomic E-state index is 0.582. The maximum Gasteiger partial charge on any atom is 0.162 e. The fourth-order valence-electron chi connectivity index (χ4n) is 1.79. The topological polar surface area (TPSA) is 40.6 Å². The molecular weight excluding hydrogens is 238 g/mol. The van der Waals surface area contributed by atoms with Gasteiger partial charge in [-0.25, -0.2) is 4.98 Å². The number of aromatic nitrogens is 1. The van der Waals surface area contributed by atoms with Crippen molar-refractivity contribution in [3.05, 3.63) is 29.5 Å². The van der Waals surface area contributed by atoms with Crippen LogP contribution in [-0.2, 0) is 9.47 Å². The summed E-state index contributed by atoms with van der Waals surface area (Å²) in [5, 5.41) is 0. The molecule has 5 heteroatoms. The highest BCUT2D eigenvalue weighted by molar-refractivity contribution is 7.17. The highest BCUT2D eigenvalue weighted by atomic mass is 32.1. The van der Waals surface area contributed by atoms with E-state index in [0.717, 1.165) is 27.3 Å². The molecule has 0 spiro atoms. The van der Waals surface area contributed by atoms with Crippen molar-refractivity contribution in [2.24, 2.45) is 0 Å². The predicted octanol–water partition coefficient (Wildman–Crippen LogP) is 2.65. The van der Waals surface area contributed by atoms with Crippen LogP contribution in [-0.4, -0.2) is 25.3 Å². The number of methoxy groups -OCH3 is 1. The molecule has 3 rings (SSSR count). The summed E-state index contributed by atoms with van der Waals surface area (Å²) in [6.45, 7) is 1.18. The van der Waals surface area contributed by atoms with E-state index in [9.17, 15) is 0 Å². The van der Waals surface area contributed by atoms with E-state index in [-0.39, 0.29) is 0 Å². The van der Waals surface area contributed by atoms with Crippen LogP contribution in [0.2, 0.25) is 0 Å². The van der Waals surface area contributed by atoms with Gasteiger partial charge in [0.15, 0.2) is 5.76 Å². The van der Waals surface area contributed by atoms with Crippen LogP contribution in [0.25, 0.3) is 16.0 Å². The summed E-state index contributed by atoms with van der Waals surface area (Å²) in [6.07, 6.45) is 1.66. The number of thiazole rings is 1. The number of hydrogen-bond donors (Lipinski definition) is 0. The molecule has 4 nitrogen and oxygen atoms in total. The van der Waals surface area contributed by atoms with Gasteiger partial charge in [-0.2, -0.15) is 0 Å². The molecule has 0 N–H and O–H groups in total. The van der Waals surface area contributed by atoms with Gasteiger partial charge in [0, 0.05) is 5.56 Å². The second-order valence-corrected chi connectivity index (χ2v) is 4.40. The first-order valence-electron chi connectivity index (χ1n) is 5.25. The fraction of sp³-hybridized carbons (Fsp3) is 0.250. The largest absolute Gasteiger partial charge is 0.494 e. The van der Waals surface area contributed by atoms with Gasteiger partial charge in [0.1, 0.15) is 30.7 Å². The number of fused-ring (bicyclic) bond motifs is 1. The van der Waals surface area contributed by atoms with Crippen molar-refractivity contribution in [3.63, 3.8) is 0 Å². The Labute approximate surface area is 102 Å². The van der Waals surface area contributed by atoms with Crippen molar-refractivity contribution in [2.45, 2.75) is 0 Å². The zero-order chi connectivity index (χ0) is 11.7. The molecule has 1 aromatic carbocycles. The molecule has 2 aromatic rings. The fourth-order valence-corrected chi connectivity index (χ4v) is 2.62. The van der Waals surface area contributed by atoms with E-state index in [1.807, 2.05) is 12.1 Å². The molecule has 0 radical (unpaired) electrons. The lowest BCUT2D eigenvalue weighted by molar-refractivity contribution is 0.126. The molecule has 0 bridgehead atoms. The molecule has 0 atom stereocenters. The van der Waals surface area contributed by atoms with Gasteiger partial charge in [0.2, 0.25) is 0 Å². The second-order valence-electron chi connectivity index (χ2n) is 3.55. The van der Waals surface area contributed by atoms with Gasteiger partial charge in [0.05, 0.1) is 17.3 Å². The van der Waals surface area contributed by atoms with E-state index < -0.39 is 0 Å². The first-order valence-corrected chi connectivity index (χ1v) is 6.13. The lowest BCUT2D eigenvalue weighted by Gasteiger charge is -2.16. The number of rotatable bonds is 2. The number of ether oxygens (including phenoxy) is 3. The quantitative estimate of drug-likeness (QED) is 0.820. The first-order chi connectivity index (χ1) is 8.40. The molecule has 2 heterocycles. The third-order valence-electron chi connectivity index (χ3n) is 2.58. The smallest absolute Gasteiger partial charge is 0.162 e. The summed E-state index contributed by atoms with van der Waals surface area (Å²) in [5.41, 5.74) is 3.68. The van der Waals surface area contributed by atoms with E-state index in [1.54, 1.807) is 30.2 Å². The molecule has 1 aliphatic rings. The summed E-state index contributed by atoms with van der Waals surface area (Å²) >= 11 is 1.57. The normalized spacial score (nSPS) is 15.0. The van der Waals surface area contributed by atoms with Crippen molar-refractivity contribution in [1.29, 1.82) is 0 Å². The molecule has 88 valence electrons. The molecule has 0 fully saturated rings. The van der Waals surface area contributed by atoms with Gasteiger partial charge in [0.25, 0.3) is 0 Å². The van der Waals surface area contributed by atoms with E-state index in [0.29, 0.717) is 13.2 Å². The van der Waals surface area contributed by atoms with Gasteiger partial charge in [-0.3, -0.25) is 0 Å². The van der Waals surface area contributed by atoms with Crippen molar-refractivity contribution in [1.82, 2.24) is 4.98 Å². The van der Waals surface area contributed by atoms with E-state index in [4.69, 9.17) is 14.2 Å². The maximum atomic E-state index is 5.59. The average Bonchev–Trinajstić information content (AvgIpc) is 2.88. The van der Waals surface area contributed by atoms with Crippen LogP contribution in [0.5, 0.6) is 5.75 Å². The molecule has 0 aliphatic carbocycles. The van der Waals surface area contributed by atoms with E-state index >= 15 is 0 Å². The third kappa shape index (κ3) is 1.72. The highest BCUT2D eigenvalue weighted by Gasteiger charge is 2.15. The van der Waals surface area contributed by atoms with Crippen molar-refractivity contribution in [2.75, 3.05) is 20.3 Å². The first kappa shape index (κ1) is 10.4. The Kier molecular flexibility index (Phi) is 2.60.